The number of halogens is 16. The fraction of sp³-hybridized carbons (Fsp3) is 0.273. The van der Waals surface area contributed by atoms with Gasteiger partial charge in [0, 0.05) is 0 Å². The Hall–Kier alpha value is -3.68. The van der Waals surface area contributed by atoms with Gasteiger partial charge < -0.3 is 9.47 Å². The summed E-state index contributed by atoms with van der Waals surface area (Å²) in [4.78, 5) is 0. The molecule has 0 aliphatic carbocycles. The van der Waals surface area contributed by atoms with Crippen molar-refractivity contribution in [2.45, 2.75) is 24.4 Å². The zero-order valence-corrected chi connectivity index (χ0v) is 19.7. The van der Waals surface area contributed by atoms with Crippen LogP contribution in [0.25, 0.3) is 12.2 Å². The predicted molar refractivity (Wildman–Crippen MR) is 106 cm³/mol. The maximum atomic E-state index is 13.8. The molecule has 0 saturated heterocycles. The van der Waals surface area contributed by atoms with E-state index in [0.29, 0.717) is 0 Å². The quantitative estimate of drug-likeness (QED) is 0.164. The van der Waals surface area contributed by atoms with E-state index < -0.39 is 107 Å². The summed E-state index contributed by atoms with van der Waals surface area (Å²) in [7, 11) is 0. The number of hydrogen-bond donors (Lipinski definition) is 0. The first-order valence-corrected chi connectivity index (χ1v) is 10.2. The van der Waals surface area contributed by atoms with Crippen molar-refractivity contribution in [3.63, 3.8) is 0 Å². The Labute approximate surface area is 222 Å². The van der Waals surface area contributed by atoms with Gasteiger partial charge in [-0.1, -0.05) is 25.3 Å². The van der Waals surface area contributed by atoms with E-state index >= 15 is 0 Å². The van der Waals surface area contributed by atoms with Crippen LogP contribution in [0.4, 0.5) is 70.2 Å². The monoisotopic (exact) mass is 642 g/mol. The summed E-state index contributed by atoms with van der Waals surface area (Å²) >= 11 is 0. The molecule has 0 amide bonds. The number of alkyl halides is 8. The normalized spacial score (nSPS) is 12.9. The lowest BCUT2D eigenvalue weighted by Gasteiger charge is -2.31. The molecule has 42 heavy (non-hydrogen) atoms. The maximum Gasteiger partial charge on any atom is 0.453 e. The Morgan fingerprint density at radius 3 is 0.905 bits per heavy atom. The molecule has 0 atom stereocenters. The van der Waals surface area contributed by atoms with Crippen molar-refractivity contribution in [3.05, 3.63) is 70.8 Å². The minimum atomic E-state index is -6.80. The molecule has 2 aromatic carbocycles. The van der Waals surface area contributed by atoms with E-state index in [1.54, 1.807) is 0 Å². The summed E-state index contributed by atoms with van der Waals surface area (Å²) < 4.78 is 232. The van der Waals surface area contributed by atoms with Gasteiger partial charge in [-0.25, -0.2) is 27.0 Å². The molecule has 0 unspecified atom stereocenters. The molecule has 20 heteroatoms. The van der Waals surface area contributed by atoms with Crippen molar-refractivity contribution in [3.8, 4) is 11.5 Å². The average Bonchev–Trinajstić information content (AvgIpc) is 2.85. The molecule has 0 heterocycles. The minimum Gasteiger partial charge on any atom is -0.478 e. The topological polar surface area (TPSA) is 36.9 Å². The van der Waals surface area contributed by atoms with Gasteiger partial charge in [0.15, 0.2) is 48.0 Å². The first-order valence-electron chi connectivity index (χ1n) is 10.2. The van der Waals surface area contributed by atoms with Crippen LogP contribution in [0.1, 0.15) is 11.1 Å². The third-order valence-corrected chi connectivity index (χ3v) is 4.59. The Balaban J connectivity index is 2.20. The van der Waals surface area contributed by atoms with Crippen LogP contribution in [0, 0.1) is 46.5 Å². The molecule has 4 nitrogen and oxygen atoms in total. The summed E-state index contributed by atoms with van der Waals surface area (Å²) in [5.41, 5.74) is -2.91. The van der Waals surface area contributed by atoms with E-state index in [1.807, 2.05) is 0 Å². The van der Waals surface area contributed by atoms with E-state index in [1.165, 1.54) is 0 Å². The van der Waals surface area contributed by atoms with E-state index in [-0.39, 0.29) is 12.2 Å². The van der Waals surface area contributed by atoms with Gasteiger partial charge in [0.2, 0.25) is 23.3 Å². The van der Waals surface area contributed by atoms with E-state index in [9.17, 15) is 70.2 Å². The van der Waals surface area contributed by atoms with Crippen LogP contribution in [0.15, 0.2) is 13.2 Å². The fourth-order valence-electron chi connectivity index (χ4n) is 2.73. The molecule has 0 aliphatic rings. The molecule has 0 aliphatic heterocycles. The van der Waals surface area contributed by atoms with Gasteiger partial charge in [0.05, 0.1) is 11.1 Å². The lowest BCUT2D eigenvalue weighted by molar-refractivity contribution is -0.514. The summed E-state index contributed by atoms with van der Waals surface area (Å²) in [6.07, 6.45) is -24.7. The first-order chi connectivity index (χ1) is 19.0. The molecule has 0 aromatic heterocycles. The molecule has 0 fully saturated rings. The van der Waals surface area contributed by atoms with Crippen molar-refractivity contribution in [2.75, 3.05) is 13.2 Å². The summed E-state index contributed by atoms with van der Waals surface area (Å²) in [6.45, 7) is -0.192. The number of rotatable bonds is 13. The molecule has 0 spiro atoms. The zero-order valence-electron chi connectivity index (χ0n) is 19.7. The van der Waals surface area contributed by atoms with Crippen LogP contribution in [0.2, 0.25) is 0 Å². The molecule has 2 aromatic rings. The highest BCUT2D eigenvalue weighted by Gasteiger charge is 2.67. The largest absolute Gasteiger partial charge is 0.478 e. The van der Waals surface area contributed by atoms with Crippen LogP contribution in [0.5, 0.6) is 11.5 Å². The van der Waals surface area contributed by atoms with E-state index in [4.69, 9.17) is 0 Å². The lowest BCUT2D eigenvalue weighted by atomic mass is 10.1. The summed E-state index contributed by atoms with van der Waals surface area (Å²) in [5, 5.41) is 0. The van der Waals surface area contributed by atoms with Crippen molar-refractivity contribution in [1.82, 2.24) is 0 Å². The van der Waals surface area contributed by atoms with Crippen molar-refractivity contribution in [2.24, 2.45) is 0 Å². The van der Waals surface area contributed by atoms with Crippen LogP contribution >= 0.6 is 0 Å². The van der Waals surface area contributed by atoms with Gasteiger partial charge in [-0.2, -0.15) is 52.7 Å². The van der Waals surface area contributed by atoms with Crippen LogP contribution in [-0.2, 0) is 9.47 Å². The predicted octanol–water partition coefficient (Wildman–Crippen LogP) is 7.95. The Morgan fingerprint density at radius 2 is 0.690 bits per heavy atom. The second kappa shape index (κ2) is 11.9. The standard InChI is InChI=1S/C22H10F16O4/c1-3-7-9(23)13(27)17(14(28)10(7)24)39-5-19(31,32)41-21(35,36)22(37,38)42-20(33,34)6-40-18-15(29)11(25)8(4-2)12(26)16(18)30/h3-4H,1-2,5-6H2. The lowest BCUT2D eigenvalue weighted by Crippen LogP contribution is -2.53. The molecule has 0 N–H and O–H groups in total. The van der Waals surface area contributed by atoms with Crippen LogP contribution < -0.4 is 9.47 Å². The van der Waals surface area contributed by atoms with Gasteiger partial charge in [0.25, 0.3) is 0 Å². The summed E-state index contributed by atoms with van der Waals surface area (Å²) in [6, 6.07) is 0. The van der Waals surface area contributed by atoms with Crippen molar-refractivity contribution >= 4 is 12.2 Å². The number of ether oxygens (including phenoxy) is 4. The Morgan fingerprint density at radius 1 is 0.452 bits per heavy atom. The molecule has 0 saturated carbocycles. The Kier molecular flexibility index (Phi) is 9.78. The minimum absolute atomic E-state index is 0.240. The SMILES string of the molecule is C=Cc1c(F)c(F)c(OCC(F)(F)OC(F)(F)C(F)(F)OC(F)(F)COc2c(F)c(F)c(C=C)c(F)c2F)c(F)c1F. The smallest absolute Gasteiger partial charge is 0.453 e. The molecule has 234 valence electrons. The second-order valence-corrected chi connectivity index (χ2v) is 7.50. The summed E-state index contributed by atoms with van der Waals surface area (Å²) in [5.74, 6) is -23.7. The van der Waals surface area contributed by atoms with Gasteiger partial charge in [-0.05, 0) is 0 Å². The fourth-order valence-corrected chi connectivity index (χ4v) is 2.73. The number of benzene rings is 2. The highest BCUT2D eigenvalue weighted by Crippen LogP contribution is 2.44. The van der Waals surface area contributed by atoms with Gasteiger partial charge in [-0.15, -0.1) is 0 Å². The van der Waals surface area contributed by atoms with E-state index in [0.717, 1.165) is 0 Å². The van der Waals surface area contributed by atoms with Crippen molar-refractivity contribution < 1.29 is 89.2 Å². The molecule has 0 radical (unpaired) electrons. The number of hydrogen-bond acceptors (Lipinski definition) is 4. The zero-order chi connectivity index (χ0) is 32.6. The van der Waals surface area contributed by atoms with E-state index in [2.05, 4.69) is 32.1 Å². The van der Waals surface area contributed by atoms with Crippen LogP contribution in [-0.4, -0.2) is 37.6 Å². The maximum absolute atomic E-state index is 13.8. The highest BCUT2D eigenvalue weighted by molar-refractivity contribution is 5.52. The molecule has 2 rings (SSSR count). The third-order valence-electron chi connectivity index (χ3n) is 4.59. The van der Waals surface area contributed by atoms with Crippen LogP contribution in [0.3, 0.4) is 0 Å². The van der Waals surface area contributed by atoms with Crippen molar-refractivity contribution in [1.29, 1.82) is 0 Å². The average molecular weight is 642 g/mol. The third kappa shape index (κ3) is 6.85. The van der Waals surface area contributed by atoms with Gasteiger partial charge in [-0.3, -0.25) is 0 Å². The molecular weight excluding hydrogens is 632 g/mol. The van der Waals surface area contributed by atoms with Gasteiger partial charge >= 0.3 is 24.4 Å². The molecule has 0 bridgehead atoms. The second-order valence-electron chi connectivity index (χ2n) is 7.50. The highest BCUT2D eigenvalue weighted by atomic mass is 19.3. The Bertz CT molecular complexity index is 1210. The first kappa shape index (κ1) is 34.5. The van der Waals surface area contributed by atoms with Gasteiger partial charge in [0.1, 0.15) is 0 Å². The molecular formula is C22H10F16O4.